The van der Waals surface area contributed by atoms with E-state index in [1.807, 2.05) is 0 Å². The van der Waals surface area contributed by atoms with E-state index in [2.05, 4.69) is 5.32 Å². The molecular formula is C23H18Cl3F6NO. The monoisotopic (exact) mass is 543 g/mol. The van der Waals surface area contributed by atoms with Crippen molar-refractivity contribution < 1.29 is 31.1 Å². The fourth-order valence-electron chi connectivity index (χ4n) is 3.89. The minimum atomic E-state index is -4.63. The molecule has 184 valence electrons. The lowest BCUT2D eigenvalue weighted by Gasteiger charge is -2.27. The Morgan fingerprint density at radius 2 is 1.71 bits per heavy atom. The summed E-state index contributed by atoms with van der Waals surface area (Å²) in [6, 6.07) is 6.48. The van der Waals surface area contributed by atoms with Gasteiger partial charge in [0.15, 0.2) is 0 Å². The Labute approximate surface area is 206 Å². The molecule has 2 unspecified atom stereocenters. The third-order valence-electron chi connectivity index (χ3n) is 5.38. The molecule has 2 atom stereocenters. The normalized spacial score (nSPS) is 17.5. The van der Waals surface area contributed by atoms with Crippen LogP contribution in [-0.4, -0.2) is 18.3 Å². The molecule has 0 heterocycles. The average molecular weight is 545 g/mol. The van der Waals surface area contributed by atoms with E-state index in [0.29, 0.717) is 30.4 Å². The smallest absolute Gasteiger partial charge is 0.349 e. The van der Waals surface area contributed by atoms with Crippen LogP contribution in [0.1, 0.15) is 53.5 Å². The number of carbonyl (C=O) groups is 1. The Morgan fingerprint density at radius 3 is 2.29 bits per heavy atom. The Hall–Kier alpha value is -1.90. The molecule has 0 spiro atoms. The Morgan fingerprint density at radius 1 is 1.06 bits per heavy atom. The summed E-state index contributed by atoms with van der Waals surface area (Å²) in [6.45, 7) is 0. The number of hydrogen-bond acceptors (Lipinski definition) is 1. The fourth-order valence-corrected chi connectivity index (χ4v) is 4.50. The third-order valence-corrected chi connectivity index (χ3v) is 6.57. The van der Waals surface area contributed by atoms with E-state index in [1.54, 1.807) is 18.2 Å². The van der Waals surface area contributed by atoms with Gasteiger partial charge in [-0.2, -0.15) is 26.3 Å². The Bertz CT molecular complexity index is 1070. The van der Waals surface area contributed by atoms with Gasteiger partial charge in [-0.15, -0.1) is 0 Å². The first-order valence-electron chi connectivity index (χ1n) is 10.1. The van der Waals surface area contributed by atoms with Gasteiger partial charge in [-0.25, -0.2) is 0 Å². The van der Waals surface area contributed by atoms with Gasteiger partial charge < -0.3 is 5.32 Å². The predicted molar refractivity (Wildman–Crippen MR) is 120 cm³/mol. The number of aryl methyl sites for hydroxylation is 1. The number of fused-ring (bicyclic) bond motifs is 1. The van der Waals surface area contributed by atoms with Crippen molar-refractivity contribution in [1.29, 1.82) is 0 Å². The van der Waals surface area contributed by atoms with Crippen LogP contribution in [0.2, 0.25) is 15.1 Å². The molecule has 0 saturated carbocycles. The topological polar surface area (TPSA) is 29.1 Å². The standard InChI is InChI=1S/C23H18Cl3F6NO/c24-17-9-14(10-18(25)21(17)26)16(23(30,31)32)7-5-12-4-6-15-13(8-12)2-1-3-19(15)33-20(34)11-22(27,28)29/h4-10,16,19H,1-3,11H2,(H,33,34). The highest BCUT2D eigenvalue weighted by atomic mass is 35.5. The van der Waals surface area contributed by atoms with Crippen LogP contribution in [0.5, 0.6) is 0 Å². The zero-order valence-corrected chi connectivity index (χ0v) is 19.6. The van der Waals surface area contributed by atoms with Gasteiger partial charge in [0.25, 0.3) is 0 Å². The van der Waals surface area contributed by atoms with E-state index in [9.17, 15) is 31.1 Å². The summed E-state index contributed by atoms with van der Waals surface area (Å²) in [7, 11) is 0. The lowest BCUT2D eigenvalue weighted by Crippen LogP contribution is -2.33. The third kappa shape index (κ3) is 6.83. The lowest BCUT2D eigenvalue weighted by molar-refractivity contribution is -0.154. The number of carbonyl (C=O) groups excluding carboxylic acids is 1. The van der Waals surface area contributed by atoms with Gasteiger partial charge in [0.1, 0.15) is 6.42 Å². The molecule has 0 saturated heterocycles. The second-order valence-corrected chi connectivity index (χ2v) is 9.13. The van der Waals surface area contributed by atoms with Crippen LogP contribution < -0.4 is 5.32 Å². The second kappa shape index (κ2) is 10.4. The molecule has 2 nitrogen and oxygen atoms in total. The van der Waals surface area contributed by atoms with Crippen molar-refractivity contribution in [3.8, 4) is 0 Å². The minimum Gasteiger partial charge on any atom is -0.349 e. The molecular weight excluding hydrogens is 527 g/mol. The molecule has 0 aliphatic heterocycles. The number of benzene rings is 2. The first kappa shape index (κ1) is 26.7. The summed E-state index contributed by atoms with van der Waals surface area (Å²) in [5.41, 5.74) is 1.71. The van der Waals surface area contributed by atoms with Crippen LogP contribution in [0.3, 0.4) is 0 Å². The molecule has 0 fully saturated rings. The summed E-state index contributed by atoms with van der Waals surface area (Å²) in [6.07, 6.45) is -6.85. The molecule has 11 heteroatoms. The molecule has 0 aromatic heterocycles. The number of halogens is 9. The van der Waals surface area contributed by atoms with E-state index in [1.165, 1.54) is 6.08 Å². The maximum Gasteiger partial charge on any atom is 0.399 e. The van der Waals surface area contributed by atoms with Gasteiger partial charge >= 0.3 is 12.4 Å². The zero-order valence-electron chi connectivity index (χ0n) is 17.3. The number of allylic oxidation sites excluding steroid dienone is 1. The number of nitrogens with one attached hydrogen (secondary N) is 1. The Kier molecular flexibility index (Phi) is 8.15. The summed E-state index contributed by atoms with van der Waals surface area (Å²) in [4.78, 5) is 11.7. The summed E-state index contributed by atoms with van der Waals surface area (Å²) in [5, 5.41) is 2.16. The fraction of sp³-hybridized carbons (Fsp3) is 0.348. The van der Waals surface area contributed by atoms with Crippen molar-refractivity contribution in [2.24, 2.45) is 0 Å². The molecule has 1 N–H and O–H groups in total. The summed E-state index contributed by atoms with van der Waals surface area (Å²) in [5.74, 6) is -3.12. The van der Waals surface area contributed by atoms with Gasteiger partial charge in [-0.1, -0.05) is 65.2 Å². The second-order valence-electron chi connectivity index (χ2n) is 7.94. The van der Waals surface area contributed by atoms with E-state index in [0.717, 1.165) is 23.8 Å². The predicted octanol–water partition coefficient (Wildman–Crippen LogP) is 8.45. The summed E-state index contributed by atoms with van der Waals surface area (Å²) >= 11 is 17.6. The van der Waals surface area contributed by atoms with Crippen molar-refractivity contribution in [2.75, 3.05) is 0 Å². The largest absolute Gasteiger partial charge is 0.399 e. The number of rotatable bonds is 5. The molecule has 3 rings (SSSR count). The minimum absolute atomic E-state index is 0.0384. The van der Waals surface area contributed by atoms with Gasteiger partial charge in [-0.05, 0) is 53.6 Å². The highest BCUT2D eigenvalue weighted by Crippen LogP contribution is 2.41. The lowest BCUT2D eigenvalue weighted by atomic mass is 9.86. The van der Waals surface area contributed by atoms with Crippen molar-refractivity contribution in [3.63, 3.8) is 0 Å². The molecule has 1 amide bonds. The van der Waals surface area contributed by atoms with Gasteiger partial charge in [0.2, 0.25) is 5.91 Å². The van der Waals surface area contributed by atoms with Crippen LogP contribution in [0.15, 0.2) is 36.4 Å². The van der Waals surface area contributed by atoms with Crippen LogP contribution in [0.4, 0.5) is 26.3 Å². The molecule has 2 aromatic rings. The molecule has 1 aliphatic rings. The first-order valence-corrected chi connectivity index (χ1v) is 11.3. The molecule has 34 heavy (non-hydrogen) atoms. The van der Waals surface area contributed by atoms with E-state index in [4.69, 9.17) is 34.8 Å². The number of amides is 1. The Balaban J connectivity index is 1.84. The van der Waals surface area contributed by atoms with E-state index >= 15 is 0 Å². The van der Waals surface area contributed by atoms with Crippen LogP contribution in [0, 0.1) is 0 Å². The van der Waals surface area contributed by atoms with E-state index in [-0.39, 0.29) is 20.6 Å². The molecule has 1 aliphatic carbocycles. The maximum absolute atomic E-state index is 13.7. The maximum atomic E-state index is 13.7. The van der Waals surface area contributed by atoms with Crippen molar-refractivity contribution >= 4 is 46.8 Å². The number of hydrogen-bond donors (Lipinski definition) is 1. The van der Waals surface area contributed by atoms with Gasteiger partial charge in [0, 0.05) is 0 Å². The molecule has 0 bridgehead atoms. The molecule has 0 radical (unpaired) electrons. The van der Waals surface area contributed by atoms with Crippen molar-refractivity contribution in [3.05, 3.63) is 73.7 Å². The highest BCUT2D eigenvalue weighted by molar-refractivity contribution is 6.48. The van der Waals surface area contributed by atoms with Crippen LogP contribution >= 0.6 is 34.8 Å². The SMILES string of the molecule is O=C(CC(F)(F)F)NC1CCCc2cc(C=CC(c3cc(Cl)c(Cl)c(Cl)c3)C(F)(F)F)ccc21. The van der Waals surface area contributed by atoms with Crippen molar-refractivity contribution in [2.45, 2.75) is 50.0 Å². The zero-order chi connectivity index (χ0) is 25.3. The average Bonchev–Trinajstić information content (AvgIpc) is 2.69. The molecule has 2 aromatic carbocycles. The highest BCUT2D eigenvalue weighted by Gasteiger charge is 2.39. The van der Waals surface area contributed by atoms with Crippen molar-refractivity contribution in [1.82, 2.24) is 5.32 Å². The van der Waals surface area contributed by atoms with Gasteiger partial charge in [0.05, 0.1) is 27.0 Å². The van der Waals surface area contributed by atoms with Crippen LogP contribution in [-0.2, 0) is 11.2 Å². The van der Waals surface area contributed by atoms with Crippen LogP contribution in [0.25, 0.3) is 6.08 Å². The summed E-state index contributed by atoms with van der Waals surface area (Å²) < 4.78 is 78.6. The van der Waals surface area contributed by atoms with Gasteiger partial charge in [-0.3, -0.25) is 4.79 Å². The first-order chi connectivity index (χ1) is 15.7. The quantitative estimate of drug-likeness (QED) is 0.297. The number of alkyl halides is 6. The van der Waals surface area contributed by atoms with E-state index < -0.39 is 36.6 Å².